The van der Waals surface area contributed by atoms with E-state index in [1.54, 1.807) is 6.92 Å². The van der Waals surface area contributed by atoms with E-state index in [0.717, 1.165) is 0 Å². The van der Waals surface area contributed by atoms with Gasteiger partial charge in [0.1, 0.15) is 11.0 Å². The van der Waals surface area contributed by atoms with E-state index in [4.69, 9.17) is 34.8 Å². The predicted octanol–water partition coefficient (Wildman–Crippen LogP) is 2.40. The van der Waals surface area contributed by atoms with E-state index in [-0.39, 0.29) is 33.8 Å². The van der Waals surface area contributed by atoms with Crippen LogP contribution in [0.2, 0.25) is 10.4 Å². The van der Waals surface area contributed by atoms with E-state index < -0.39 is 10.0 Å². The van der Waals surface area contributed by atoms with Gasteiger partial charge in [0.15, 0.2) is 0 Å². The highest BCUT2D eigenvalue weighted by Gasteiger charge is 2.16. The molecule has 0 aliphatic rings. The highest BCUT2D eigenvalue weighted by molar-refractivity contribution is 7.92. The maximum atomic E-state index is 11.7. The van der Waals surface area contributed by atoms with Crippen LogP contribution in [-0.2, 0) is 10.0 Å². The summed E-state index contributed by atoms with van der Waals surface area (Å²) in [6.07, 6.45) is 0. The van der Waals surface area contributed by atoms with E-state index >= 15 is 0 Å². The minimum absolute atomic E-state index is 0.0387. The number of rotatable bonds is 5. The highest BCUT2D eigenvalue weighted by Crippen LogP contribution is 2.16. The van der Waals surface area contributed by atoms with E-state index in [1.807, 2.05) is 0 Å². The van der Waals surface area contributed by atoms with Gasteiger partial charge in [0.25, 0.3) is 0 Å². The van der Waals surface area contributed by atoms with Crippen molar-refractivity contribution in [2.45, 2.75) is 6.92 Å². The topological polar surface area (TPSA) is 72.0 Å². The van der Waals surface area contributed by atoms with Gasteiger partial charge in [-0.1, -0.05) is 18.5 Å². The minimum atomic E-state index is -3.52. The zero-order valence-corrected chi connectivity index (χ0v) is 11.9. The van der Waals surface area contributed by atoms with Crippen molar-refractivity contribution in [3.8, 4) is 0 Å². The molecule has 0 saturated heterocycles. The molecular weight excluding hydrogens is 309 g/mol. The molecule has 1 heterocycles. The highest BCUT2D eigenvalue weighted by atomic mass is 35.5. The zero-order valence-electron chi connectivity index (χ0n) is 8.82. The summed E-state index contributed by atoms with van der Waals surface area (Å²) in [7, 11) is -3.52. The molecule has 0 aromatic carbocycles. The Bertz CT molecular complexity index is 475. The Balaban J connectivity index is 2.83. The van der Waals surface area contributed by atoms with E-state index in [9.17, 15) is 8.42 Å². The fourth-order valence-corrected chi connectivity index (χ4v) is 3.08. The van der Waals surface area contributed by atoms with Gasteiger partial charge >= 0.3 is 0 Å². The van der Waals surface area contributed by atoms with E-state index in [2.05, 4.69) is 14.7 Å². The molecule has 0 amide bonds. The smallest absolute Gasteiger partial charge is 0.234 e. The minimum Gasteiger partial charge on any atom is -0.267 e. The second kappa shape index (κ2) is 6.04. The number of anilines is 1. The molecule has 0 radical (unpaired) electrons. The molecule has 17 heavy (non-hydrogen) atoms. The first kappa shape index (κ1) is 14.8. The Kier molecular flexibility index (Phi) is 5.24. The fourth-order valence-electron chi connectivity index (χ4n) is 1.06. The number of aromatic nitrogens is 2. The SMILES string of the molecule is CC(CCl)CS(=O)(=O)Nc1cc(Cl)nc(Cl)n1. The average molecular weight is 319 g/mol. The normalized spacial score (nSPS) is 13.4. The summed E-state index contributed by atoms with van der Waals surface area (Å²) < 4.78 is 25.6. The summed E-state index contributed by atoms with van der Waals surface area (Å²) in [5.41, 5.74) is 0. The van der Waals surface area contributed by atoms with Crippen LogP contribution in [0.4, 0.5) is 5.82 Å². The van der Waals surface area contributed by atoms with Gasteiger partial charge in [0.2, 0.25) is 15.3 Å². The van der Waals surface area contributed by atoms with Crippen LogP contribution in [0, 0.1) is 5.92 Å². The zero-order chi connectivity index (χ0) is 13.1. The van der Waals surface area contributed by atoms with Crippen LogP contribution in [0.3, 0.4) is 0 Å². The van der Waals surface area contributed by atoms with Gasteiger partial charge < -0.3 is 0 Å². The number of alkyl halides is 1. The van der Waals surface area contributed by atoms with Gasteiger partial charge in [-0.3, -0.25) is 4.72 Å². The van der Waals surface area contributed by atoms with Crippen molar-refractivity contribution in [3.63, 3.8) is 0 Å². The maximum absolute atomic E-state index is 11.7. The van der Waals surface area contributed by atoms with Gasteiger partial charge in [0.05, 0.1) is 5.75 Å². The maximum Gasteiger partial charge on any atom is 0.234 e. The summed E-state index contributed by atoms with van der Waals surface area (Å²) in [4.78, 5) is 7.30. The fraction of sp³-hybridized carbons (Fsp3) is 0.500. The van der Waals surface area contributed by atoms with Gasteiger partial charge in [0, 0.05) is 11.9 Å². The Morgan fingerprint density at radius 3 is 2.59 bits per heavy atom. The first-order valence-corrected chi connectivity index (χ1v) is 7.53. The number of nitrogens with one attached hydrogen (secondary N) is 1. The molecule has 1 rings (SSSR count). The van der Waals surface area contributed by atoms with Crippen molar-refractivity contribution in [1.29, 1.82) is 0 Å². The van der Waals surface area contributed by atoms with Crippen LogP contribution in [0.1, 0.15) is 6.92 Å². The molecule has 0 saturated carbocycles. The van der Waals surface area contributed by atoms with Gasteiger partial charge in [-0.25, -0.2) is 13.4 Å². The number of nitrogens with zero attached hydrogens (tertiary/aromatic N) is 2. The summed E-state index contributed by atoms with van der Waals surface area (Å²) in [5, 5.41) is -0.0614. The van der Waals surface area contributed by atoms with Crippen LogP contribution in [0.25, 0.3) is 0 Å². The number of hydrogen-bond donors (Lipinski definition) is 1. The third-order valence-corrected chi connectivity index (χ3v) is 4.11. The standard InChI is InChI=1S/C8H10Cl3N3O2S/c1-5(3-9)4-17(15,16)14-7-2-6(10)12-8(11)13-7/h2,5H,3-4H2,1H3,(H,12,13,14). The third-order valence-electron chi connectivity index (χ3n) is 1.70. The van der Waals surface area contributed by atoms with Crippen LogP contribution < -0.4 is 4.72 Å². The van der Waals surface area contributed by atoms with Crippen LogP contribution in [0.5, 0.6) is 0 Å². The van der Waals surface area contributed by atoms with E-state index in [0.29, 0.717) is 0 Å². The molecule has 96 valence electrons. The van der Waals surface area contributed by atoms with Gasteiger partial charge in [-0.05, 0) is 17.5 Å². The Labute approximate surface area is 115 Å². The Morgan fingerprint density at radius 2 is 2.06 bits per heavy atom. The summed E-state index contributed by atoms with van der Waals surface area (Å²) in [5.74, 6) is 0.0285. The molecule has 0 aliphatic heterocycles. The molecule has 0 spiro atoms. The molecule has 9 heteroatoms. The molecule has 1 aromatic heterocycles. The van der Waals surface area contributed by atoms with Crippen molar-refractivity contribution in [1.82, 2.24) is 9.97 Å². The molecule has 0 fully saturated rings. The lowest BCUT2D eigenvalue weighted by Crippen LogP contribution is -2.22. The van der Waals surface area contributed by atoms with E-state index in [1.165, 1.54) is 6.07 Å². The van der Waals surface area contributed by atoms with Crippen molar-refractivity contribution in [2.75, 3.05) is 16.4 Å². The first-order valence-electron chi connectivity index (χ1n) is 4.59. The number of sulfonamides is 1. The van der Waals surface area contributed by atoms with Gasteiger partial charge in [-0.2, -0.15) is 4.98 Å². The van der Waals surface area contributed by atoms with Crippen LogP contribution in [-0.4, -0.2) is 30.0 Å². The largest absolute Gasteiger partial charge is 0.267 e. The molecule has 1 N–H and O–H groups in total. The lowest BCUT2D eigenvalue weighted by molar-refractivity contribution is 0.588. The lowest BCUT2D eigenvalue weighted by Gasteiger charge is -2.10. The molecule has 1 unspecified atom stereocenters. The van der Waals surface area contributed by atoms with Crippen molar-refractivity contribution < 1.29 is 8.42 Å². The molecule has 0 bridgehead atoms. The van der Waals surface area contributed by atoms with Crippen molar-refractivity contribution in [2.24, 2.45) is 5.92 Å². The van der Waals surface area contributed by atoms with Gasteiger partial charge in [-0.15, -0.1) is 11.6 Å². The number of hydrogen-bond acceptors (Lipinski definition) is 4. The van der Waals surface area contributed by atoms with Crippen LogP contribution in [0.15, 0.2) is 6.07 Å². The Hall–Kier alpha value is -0.300. The first-order chi connectivity index (χ1) is 7.82. The van der Waals surface area contributed by atoms with Crippen LogP contribution >= 0.6 is 34.8 Å². The third kappa shape index (κ3) is 5.25. The molecule has 0 aliphatic carbocycles. The molecule has 1 atom stereocenters. The molecule has 1 aromatic rings. The molecular formula is C8H10Cl3N3O2S. The van der Waals surface area contributed by atoms with Crippen molar-refractivity contribution >= 4 is 50.6 Å². The monoisotopic (exact) mass is 317 g/mol. The quantitative estimate of drug-likeness (QED) is 0.514. The second-order valence-electron chi connectivity index (χ2n) is 3.49. The Morgan fingerprint density at radius 1 is 1.41 bits per heavy atom. The average Bonchev–Trinajstić information content (AvgIpc) is 2.13. The summed E-state index contributed by atoms with van der Waals surface area (Å²) in [6.45, 7) is 1.73. The number of halogens is 3. The summed E-state index contributed by atoms with van der Waals surface area (Å²) >= 11 is 16.7. The predicted molar refractivity (Wildman–Crippen MR) is 69.3 cm³/mol. The van der Waals surface area contributed by atoms with Crippen molar-refractivity contribution in [3.05, 3.63) is 16.5 Å². The lowest BCUT2D eigenvalue weighted by atomic mass is 10.3. The second-order valence-corrected chi connectivity index (χ2v) is 6.29. The summed E-state index contributed by atoms with van der Waals surface area (Å²) in [6, 6.07) is 1.27. The molecule has 5 nitrogen and oxygen atoms in total.